The van der Waals surface area contributed by atoms with Gasteiger partial charge in [-0.1, -0.05) is 46.8 Å². The van der Waals surface area contributed by atoms with E-state index < -0.39 is 5.82 Å². The second kappa shape index (κ2) is 12.9. The standard InChI is InChI=1S/C31H31FN6O2.C2H6/c1-31(2,3)17-21-4-7-23-24(15-21)27(35-36-29(23)39)16-20-5-8-26(32)25(14-20)30(40)38-12-10-37(11-13-38)28-9-6-22(18-33)19-34-28;1-2/h4-9,14-15,19H,10-13,16-17H2,1-3H3,(H,36,39);1-2H3. The van der Waals surface area contributed by atoms with E-state index in [0.29, 0.717) is 49.2 Å². The third kappa shape index (κ3) is 7.00. The predicted octanol–water partition coefficient (Wildman–Crippen LogP) is 5.50. The lowest BCUT2D eigenvalue weighted by Gasteiger charge is -2.35. The molecule has 9 heteroatoms. The van der Waals surface area contributed by atoms with Crippen LogP contribution in [0.25, 0.3) is 10.8 Å². The van der Waals surface area contributed by atoms with Crippen molar-refractivity contribution in [3.8, 4) is 6.07 Å². The minimum absolute atomic E-state index is 0.0181. The van der Waals surface area contributed by atoms with Crippen molar-refractivity contribution in [2.45, 2.75) is 47.5 Å². The molecule has 0 radical (unpaired) electrons. The summed E-state index contributed by atoms with van der Waals surface area (Å²) in [5.41, 5.74) is 2.84. The van der Waals surface area contributed by atoms with Gasteiger partial charge in [-0.2, -0.15) is 10.4 Å². The van der Waals surface area contributed by atoms with Gasteiger partial charge in [-0.25, -0.2) is 14.5 Å². The quantitative estimate of drug-likeness (QED) is 0.341. The number of pyridine rings is 1. The first-order valence-corrected chi connectivity index (χ1v) is 14.3. The minimum Gasteiger partial charge on any atom is -0.353 e. The summed E-state index contributed by atoms with van der Waals surface area (Å²) in [5, 5.41) is 17.2. The number of carbonyl (C=O) groups is 1. The Morgan fingerprint density at radius 3 is 2.36 bits per heavy atom. The molecule has 0 spiro atoms. The van der Waals surface area contributed by atoms with Crippen molar-refractivity contribution < 1.29 is 9.18 Å². The summed E-state index contributed by atoms with van der Waals surface area (Å²) in [6, 6.07) is 15.9. The van der Waals surface area contributed by atoms with Gasteiger partial charge in [-0.15, -0.1) is 0 Å². The number of hydrogen-bond acceptors (Lipinski definition) is 6. The maximum absolute atomic E-state index is 14.9. The van der Waals surface area contributed by atoms with Crippen LogP contribution in [0.15, 0.2) is 59.5 Å². The van der Waals surface area contributed by atoms with Crippen LogP contribution < -0.4 is 10.5 Å². The van der Waals surface area contributed by atoms with Gasteiger partial charge in [0, 0.05) is 44.2 Å². The number of fused-ring (bicyclic) bond motifs is 1. The molecule has 42 heavy (non-hydrogen) atoms. The van der Waals surface area contributed by atoms with Crippen LogP contribution in [0.3, 0.4) is 0 Å². The van der Waals surface area contributed by atoms with Crippen LogP contribution in [0, 0.1) is 22.6 Å². The summed E-state index contributed by atoms with van der Waals surface area (Å²) in [6.45, 7) is 12.4. The van der Waals surface area contributed by atoms with Crippen LogP contribution in [0.5, 0.6) is 0 Å². The van der Waals surface area contributed by atoms with E-state index in [1.165, 1.54) is 12.3 Å². The number of anilines is 1. The van der Waals surface area contributed by atoms with Crippen molar-refractivity contribution in [3.05, 3.63) is 98.8 Å². The highest BCUT2D eigenvalue weighted by Gasteiger charge is 2.25. The second-order valence-corrected chi connectivity index (χ2v) is 11.4. The summed E-state index contributed by atoms with van der Waals surface area (Å²) >= 11 is 0. The van der Waals surface area contributed by atoms with E-state index in [4.69, 9.17) is 5.26 Å². The zero-order valence-corrected chi connectivity index (χ0v) is 24.9. The average molecular weight is 569 g/mol. The molecular weight excluding hydrogens is 531 g/mol. The molecule has 5 rings (SSSR count). The van der Waals surface area contributed by atoms with E-state index in [9.17, 15) is 14.0 Å². The third-order valence-corrected chi connectivity index (χ3v) is 7.07. The number of nitrogens with zero attached hydrogens (tertiary/aromatic N) is 5. The largest absolute Gasteiger partial charge is 0.353 e. The molecule has 8 nitrogen and oxygen atoms in total. The molecule has 3 heterocycles. The highest BCUT2D eigenvalue weighted by Crippen LogP contribution is 2.25. The van der Waals surface area contributed by atoms with E-state index in [-0.39, 0.29) is 22.4 Å². The third-order valence-electron chi connectivity index (χ3n) is 7.07. The van der Waals surface area contributed by atoms with Crippen molar-refractivity contribution >= 4 is 22.5 Å². The van der Waals surface area contributed by atoms with Crippen LogP contribution >= 0.6 is 0 Å². The van der Waals surface area contributed by atoms with E-state index in [0.717, 1.165) is 28.8 Å². The number of benzene rings is 2. The molecule has 1 fully saturated rings. The van der Waals surface area contributed by atoms with Crippen molar-refractivity contribution in [2.75, 3.05) is 31.1 Å². The van der Waals surface area contributed by atoms with Crippen LogP contribution in [0.1, 0.15) is 67.4 Å². The first-order chi connectivity index (χ1) is 20.1. The van der Waals surface area contributed by atoms with Crippen molar-refractivity contribution in [3.63, 3.8) is 0 Å². The summed E-state index contributed by atoms with van der Waals surface area (Å²) in [5.74, 6) is -0.194. The van der Waals surface area contributed by atoms with Crippen LogP contribution in [-0.2, 0) is 12.8 Å². The minimum atomic E-state index is -0.573. The van der Waals surface area contributed by atoms with Gasteiger partial charge in [0.05, 0.1) is 22.2 Å². The number of aromatic nitrogens is 3. The molecule has 1 amide bonds. The van der Waals surface area contributed by atoms with Crippen molar-refractivity contribution in [1.29, 1.82) is 5.26 Å². The zero-order chi connectivity index (χ0) is 30.4. The molecule has 0 atom stereocenters. The zero-order valence-electron chi connectivity index (χ0n) is 24.9. The topological polar surface area (TPSA) is 106 Å². The lowest BCUT2D eigenvalue weighted by molar-refractivity contribution is 0.0741. The lowest BCUT2D eigenvalue weighted by Crippen LogP contribution is -2.49. The Morgan fingerprint density at radius 2 is 1.71 bits per heavy atom. The first kappa shape index (κ1) is 30.4. The molecule has 0 bridgehead atoms. The van der Waals surface area contributed by atoms with Gasteiger partial charge in [0.25, 0.3) is 11.5 Å². The average Bonchev–Trinajstić information content (AvgIpc) is 2.99. The number of carbonyl (C=O) groups excluding carboxylic acids is 1. The lowest BCUT2D eigenvalue weighted by atomic mass is 9.87. The van der Waals surface area contributed by atoms with Gasteiger partial charge in [-0.05, 0) is 59.4 Å². The number of piperazine rings is 1. The first-order valence-electron chi connectivity index (χ1n) is 14.3. The molecule has 1 aliphatic rings. The Balaban J connectivity index is 0.00000198. The fraction of sp³-hybridized carbons (Fsp3) is 0.364. The monoisotopic (exact) mass is 568 g/mol. The van der Waals surface area contributed by atoms with Gasteiger partial charge in [0.2, 0.25) is 0 Å². The summed E-state index contributed by atoms with van der Waals surface area (Å²) in [4.78, 5) is 33.8. The summed E-state index contributed by atoms with van der Waals surface area (Å²) < 4.78 is 14.9. The number of aromatic amines is 1. The Labute approximate surface area is 245 Å². The number of H-pyrrole nitrogens is 1. The number of amides is 1. The molecule has 0 aliphatic carbocycles. The van der Waals surface area contributed by atoms with E-state index in [2.05, 4.69) is 42.0 Å². The Kier molecular flexibility index (Phi) is 9.36. The van der Waals surface area contributed by atoms with E-state index in [1.807, 2.05) is 36.9 Å². The molecule has 1 aliphatic heterocycles. The van der Waals surface area contributed by atoms with Crippen molar-refractivity contribution in [2.24, 2.45) is 5.41 Å². The Morgan fingerprint density at radius 1 is 1.00 bits per heavy atom. The molecule has 1 saturated heterocycles. The second-order valence-electron chi connectivity index (χ2n) is 11.4. The number of rotatable bonds is 5. The van der Waals surface area contributed by atoms with Crippen LogP contribution in [0.4, 0.5) is 10.2 Å². The maximum Gasteiger partial charge on any atom is 0.272 e. The fourth-order valence-electron chi connectivity index (χ4n) is 5.11. The molecule has 1 N–H and O–H groups in total. The Hall–Kier alpha value is -4.58. The molecule has 0 saturated carbocycles. The van der Waals surface area contributed by atoms with E-state index in [1.54, 1.807) is 29.2 Å². The van der Waals surface area contributed by atoms with Gasteiger partial charge in [-0.3, -0.25) is 9.59 Å². The Bertz CT molecular complexity index is 1660. The van der Waals surface area contributed by atoms with Gasteiger partial charge in [0.1, 0.15) is 17.7 Å². The predicted molar refractivity (Wildman–Crippen MR) is 163 cm³/mol. The fourth-order valence-corrected chi connectivity index (χ4v) is 5.11. The molecular formula is C33H37FN6O2. The number of nitriles is 1. The summed E-state index contributed by atoms with van der Waals surface area (Å²) in [7, 11) is 0. The van der Waals surface area contributed by atoms with Gasteiger partial charge >= 0.3 is 0 Å². The van der Waals surface area contributed by atoms with Gasteiger partial charge in [0.15, 0.2) is 0 Å². The molecule has 2 aromatic carbocycles. The van der Waals surface area contributed by atoms with Gasteiger partial charge < -0.3 is 9.80 Å². The normalized spacial score (nSPS) is 13.4. The molecule has 218 valence electrons. The van der Waals surface area contributed by atoms with E-state index >= 15 is 0 Å². The highest BCUT2D eigenvalue weighted by molar-refractivity contribution is 5.95. The number of nitrogens with one attached hydrogen (secondary N) is 1. The van der Waals surface area contributed by atoms with Crippen LogP contribution in [-0.4, -0.2) is 52.2 Å². The number of halogens is 1. The maximum atomic E-state index is 14.9. The van der Waals surface area contributed by atoms with Crippen LogP contribution in [0.2, 0.25) is 0 Å². The molecule has 0 unspecified atom stereocenters. The summed E-state index contributed by atoms with van der Waals surface area (Å²) in [6.07, 6.45) is 2.71. The highest BCUT2D eigenvalue weighted by atomic mass is 19.1. The van der Waals surface area contributed by atoms with Crippen molar-refractivity contribution in [1.82, 2.24) is 20.1 Å². The molecule has 4 aromatic rings. The SMILES string of the molecule is CC.CC(C)(C)Cc1ccc2c(=O)[nH]nc(Cc3ccc(F)c(C(=O)N4CCN(c5ccc(C#N)cn5)CC4)c3)c2c1. The number of hydrogen-bond donors (Lipinski definition) is 1. The smallest absolute Gasteiger partial charge is 0.272 e. The molecule has 2 aromatic heterocycles.